The summed E-state index contributed by atoms with van der Waals surface area (Å²) < 4.78 is 0. The standard InChI is InChI=1S/C30H48O4/c1-18(17-31)19-9-14-30(25(33)34)16-15-28(5)20(24(19)30)7-8-22-27(4)12-11-23(32)26(2,3)21(27)10-13-29(22,28)6/h17-24,32H,7-16H2,1-6H3,(H,33,34)/t18?,19-,20?,21?,22?,23+,24?,27-,28+,29+,30-/m0/s1. The molecule has 5 aliphatic carbocycles. The summed E-state index contributed by atoms with van der Waals surface area (Å²) in [5.41, 5.74) is -0.155. The molecule has 0 aromatic heterocycles. The molecular weight excluding hydrogens is 424 g/mol. The second kappa shape index (κ2) is 7.56. The molecule has 5 saturated carbocycles. The zero-order chi connectivity index (χ0) is 24.9. The van der Waals surface area contributed by atoms with Gasteiger partial charge in [0.05, 0.1) is 11.5 Å². The largest absolute Gasteiger partial charge is 0.481 e. The van der Waals surface area contributed by atoms with Crippen molar-refractivity contribution in [1.82, 2.24) is 0 Å². The van der Waals surface area contributed by atoms with Crippen LogP contribution in [0, 0.1) is 62.6 Å². The summed E-state index contributed by atoms with van der Waals surface area (Å²) in [6.07, 6.45) is 10.9. The number of aliphatic carboxylic acids is 1. The molecule has 34 heavy (non-hydrogen) atoms. The molecule has 0 bridgehead atoms. The number of carboxylic acids is 1. The minimum atomic E-state index is -0.632. The van der Waals surface area contributed by atoms with Crippen molar-refractivity contribution in [3.63, 3.8) is 0 Å². The van der Waals surface area contributed by atoms with E-state index in [1.807, 2.05) is 6.92 Å². The van der Waals surface area contributed by atoms with Crippen LogP contribution in [0.1, 0.15) is 106 Å². The molecule has 5 rings (SSSR count). The van der Waals surface area contributed by atoms with Gasteiger partial charge in [0.15, 0.2) is 0 Å². The van der Waals surface area contributed by atoms with Crippen LogP contribution in [-0.2, 0) is 9.59 Å². The van der Waals surface area contributed by atoms with Gasteiger partial charge in [-0.2, -0.15) is 0 Å². The molecule has 5 unspecified atom stereocenters. The first-order valence-electron chi connectivity index (χ1n) is 14.2. The van der Waals surface area contributed by atoms with Crippen LogP contribution in [0.2, 0.25) is 0 Å². The quantitative estimate of drug-likeness (QED) is 0.469. The van der Waals surface area contributed by atoms with Crippen LogP contribution in [0.25, 0.3) is 0 Å². The molecule has 11 atom stereocenters. The van der Waals surface area contributed by atoms with Crippen molar-refractivity contribution in [2.75, 3.05) is 0 Å². The molecule has 0 spiro atoms. The van der Waals surface area contributed by atoms with E-state index in [0.717, 1.165) is 51.2 Å². The lowest BCUT2D eigenvalue weighted by Crippen LogP contribution is -2.67. The summed E-state index contributed by atoms with van der Waals surface area (Å²) in [4.78, 5) is 24.7. The third-order valence-electron chi connectivity index (χ3n) is 13.8. The summed E-state index contributed by atoms with van der Waals surface area (Å²) in [5, 5.41) is 21.4. The van der Waals surface area contributed by atoms with Crippen LogP contribution in [0.4, 0.5) is 0 Å². The average molecular weight is 473 g/mol. The lowest BCUT2D eigenvalue weighted by Gasteiger charge is -2.72. The fourth-order valence-corrected chi connectivity index (χ4v) is 11.7. The Balaban J connectivity index is 1.56. The zero-order valence-electron chi connectivity index (χ0n) is 22.4. The monoisotopic (exact) mass is 472 g/mol. The molecule has 0 aliphatic heterocycles. The summed E-state index contributed by atoms with van der Waals surface area (Å²) in [6, 6.07) is 0. The maximum Gasteiger partial charge on any atom is 0.309 e. The highest BCUT2D eigenvalue weighted by molar-refractivity contribution is 5.76. The van der Waals surface area contributed by atoms with Gasteiger partial charge >= 0.3 is 5.97 Å². The van der Waals surface area contributed by atoms with Crippen LogP contribution >= 0.6 is 0 Å². The number of fused-ring (bicyclic) bond motifs is 7. The minimum absolute atomic E-state index is 0.0486. The van der Waals surface area contributed by atoms with Crippen molar-refractivity contribution in [2.45, 2.75) is 112 Å². The molecule has 0 aromatic rings. The predicted octanol–water partition coefficient (Wildman–Crippen LogP) is 6.35. The molecule has 0 heterocycles. The summed E-state index contributed by atoms with van der Waals surface area (Å²) in [5.74, 6) is 1.20. The molecule has 5 fully saturated rings. The molecule has 0 saturated heterocycles. The number of aliphatic hydroxyl groups is 1. The van der Waals surface area contributed by atoms with E-state index in [9.17, 15) is 19.8 Å². The fourth-order valence-electron chi connectivity index (χ4n) is 11.7. The maximum atomic E-state index is 12.8. The number of carbonyl (C=O) groups is 2. The fraction of sp³-hybridized carbons (Fsp3) is 0.933. The van der Waals surface area contributed by atoms with Gasteiger partial charge in [-0.3, -0.25) is 4.79 Å². The predicted molar refractivity (Wildman–Crippen MR) is 133 cm³/mol. The van der Waals surface area contributed by atoms with Gasteiger partial charge < -0.3 is 15.0 Å². The SMILES string of the molecule is CC(C=O)[C@@H]1CC[C@]2(C(=O)O)CC[C@]3(C)C(CCC4[C@@]5(C)CC[C@@H](O)C(C)(C)C5CC[C@]43C)C12. The highest BCUT2D eigenvalue weighted by Crippen LogP contribution is 2.77. The summed E-state index contributed by atoms with van der Waals surface area (Å²) >= 11 is 0. The Bertz CT molecular complexity index is 866. The van der Waals surface area contributed by atoms with Crippen molar-refractivity contribution in [3.05, 3.63) is 0 Å². The van der Waals surface area contributed by atoms with Gasteiger partial charge in [0.1, 0.15) is 6.29 Å². The van der Waals surface area contributed by atoms with E-state index in [-0.39, 0.29) is 45.5 Å². The third-order valence-corrected chi connectivity index (χ3v) is 13.8. The Hall–Kier alpha value is -0.900. The number of hydrogen-bond donors (Lipinski definition) is 2. The molecular formula is C30H48O4. The second-order valence-corrected chi connectivity index (χ2v) is 14.7. The van der Waals surface area contributed by atoms with Gasteiger partial charge in [-0.1, -0.05) is 41.5 Å². The molecule has 0 amide bonds. The summed E-state index contributed by atoms with van der Waals surface area (Å²) in [6.45, 7) is 14.2. The van der Waals surface area contributed by atoms with Gasteiger partial charge in [-0.25, -0.2) is 0 Å². The first-order chi connectivity index (χ1) is 15.8. The topological polar surface area (TPSA) is 74.6 Å². The zero-order valence-corrected chi connectivity index (χ0v) is 22.4. The normalized spacial score (nSPS) is 54.7. The molecule has 5 aliphatic rings. The number of aliphatic hydroxyl groups excluding tert-OH is 1. The Morgan fingerprint density at radius 1 is 0.853 bits per heavy atom. The third kappa shape index (κ3) is 2.81. The lowest BCUT2D eigenvalue weighted by atomic mass is 9.32. The first-order valence-corrected chi connectivity index (χ1v) is 14.2. The number of aldehydes is 1. The van der Waals surface area contributed by atoms with Crippen molar-refractivity contribution in [2.24, 2.45) is 62.6 Å². The molecule has 0 radical (unpaired) electrons. The Kier molecular flexibility index (Phi) is 5.51. The highest BCUT2D eigenvalue weighted by atomic mass is 16.4. The van der Waals surface area contributed by atoms with Gasteiger partial charge in [-0.05, 0) is 115 Å². The number of carbonyl (C=O) groups excluding carboxylic acids is 1. The smallest absolute Gasteiger partial charge is 0.309 e. The van der Waals surface area contributed by atoms with Gasteiger partial charge in [0.2, 0.25) is 0 Å². The Morgan fingerprint density at radius 3 is 2.21 bits per heavy atom. The maximum absolute atomic E-state index is 12.8. The van der Waals surface area contributed by atoms with E-state index < -0.39 is 11.4 Å². The molecule has 4 heteroatoms. The van der Waals surface area contributed by atoms with Crippen LogP contribution < -0.4 is 0 Å². The van der Waals surface area contributed by atoms with Crippen LogP contribution in [0.3, 0.4) is 0 Å². The average Bonchev–Trinajstić information content (AvgIpc) is 3.18. The summed E-state index contributed by atoms with van der Waals surface area (Å²) in [7, 11) is 0. The number of hydrogen-bond acceptors (Lipinski definition) is 3. The Labute approximate surface area is 206 Å². The van der Waals surface area contributed by atoms with Crippen molar-refractivity contribution < 1.29 is 19.8 Å². The first kappa shape index (κ1) is 24.8. The van der Waals surface area contributed by atoms with E-state index in [1.165, 1.54) is 19.3 Å². The van der Waals surface area contributed by atoms with E-state index in [1.54, 1.807) is 0 Å². The number of carboxylic acid groups (broad SMARTS) is 1. The van der Waals surface area contributed by atoms with Crippen molar-refractivity contribution >= 4 is 12.3 Å². The molecule has 2 N–H and O–H groups in total. The van der Waals surface area contributed by atoms with E-state index in [0.29, 0.717) is 17.8 Å². The number of rotatable bonds is 3. The van der Waals surface area contributed by atoms with Crippen LogP contribution in [0.15, 0.2) is 0 Å². The minimum Gasteiger partial charge on any atom is -0.481 e. The van der Waals surface area contributed by atoms with Crippen LogP contribution in [-0.4, -0.2) is 28.6 Å². The van der Waals surface area contributed by atoms with E-state index >= 15 is 0 Å². The van der Waals surface area contributed by atoms with Gasteiger partial charge in [0.25, 0.3) is 0 Å². The Morgan fingerprint density at radius 2 is 1.56 bits per heavy atom. The van der Waals surface area contributed by atoms with Gasteiger partial charge in [-0.15, -0.1) is 0 Å². The van der Waals surface area contributed by atoms with Crippen molar-refractivity contribution in [3.8, 4) is 0 Å². The van der Waals surface area contributed by atoms with E-state index in [2.05, 4.69) is 34.6 Å². The highest BCUT2D eigenvalue weighted by Gasteiger charge is 2.72. The molecule has 4 nitrogen and oxygen atoms in total. The van der Waals surface area contributed by atoms with E-state index in [4.69, 9.17) is 0 Å². The van der Waals surface area contributed by atoms with Crippen molar-refractivity contribution in [1.29, 1.82) is 0 Å². The second-order valence-electron chi connectivity index (χ2n) is 14.7. The van der Waals surface area contributed by atoms with Crippen LogP contribution in [0.5, 0.6) is 0 Å². The van der Waals surface area contributed by atoms with Gasteiger partial charge in [0, 0.05) is 5.92 Å². The lowest BCUT2D eigenvalue weighted by molar-refractivity contribution is -0.249. The molecule has 192 valence electrons. The molecule has 0 aromatic carbocycles.